The Balaban J connectivity index is 2.14. The monoisotopic (exact) mass is 261 g/mol. The smallest absolute Gasteiger partial charge is 0.317 e. The molecule has 0 amide bonds. The molecule has 1 aliphatic heterocycles. The van der Waals surface area contributed by atoms with Crippen LogP contribution in [-0.2, 0) is 6.18 Å². The Morgan fingerprint density at radius 1 is 1.12 bits per heavy atom. The fourth-order valence-electron chi connectivity index (χ4n) is 1.90. The fraction of sp³-hybridized carbons (Fsp3) is 0.500. The van der Waals surface area contributed by atoms with E-state index in [4.69, 9.17) is 0 Å². The van der Waals surface area contributed by atoms with Crippen LogP contribution < -0.4 is 5.32 Å². The number of piperidine rings is 1. The highest BCUT2D eigenvalue weighted by atomic mass is 32.2. The van der Waals surface area contributed by atoms with Crippen molar-refractivity contribution in [3.63, 3.8) is 0 Å². The molecule has 1 nitrogen and oxygen atoms in total. The van der Waals surface area contributed by atoms with Gasteiger partial charge in [-0.25, -0.2) is 0 Å². The molecule has 5 heteroatoms. The van der Waals surface area contributed by atoms with Gasteiger partial charge in [0.2, 0.25) is 0 Å². The summed E-state index contributed by atoms with van der Waals surface area (Å²) in [6.45, 7) is 1.79. The summed E-state index contributed by atoms with van der Waals surface area (Å²) in [7, 11) is 0. The number of halogens is 3. The zero-order chi connectivity index (χ0) is 12.3. The van der Waals surface area contributed by atoms with E-state index < -0.39 is 11.7 Å². The highest BCUT2D eigenvalue weighted by Crippen LogP contribution is 2.39. The largest absolute Gasteiger partial charge is 0.417 e. The van der Waals surface area contributed by atoms with Crippen LogP contribution in [0.4, 0.5) is 13.2 Å². The number of benzene rings is 1. The van der Waals surface area contributed by atoms with Crippen molar-refractivity contribution >= 4 is 11.8 Å². The lowest BCUT2D eigenvalue weighted by Crippen LogP contribution is -2.29. The second kappa shape index (κ2) is 5.31. The van der Waals surface area contributed by atoms with Gasteiger partial charge < -0.3 is 5.32 Å². The molecule has 1 aliphatic rings. The predicted molar refractivity (Wildman–Crippen MR) is 63.2 cm³/mol. The molecule has 0 atom stereocenters. The van der Waals surface area contributed by atoms with E-state index in [2.05, 4.69) is 5.32 Å². The first-order valence-electron chi connectivity index (χ1n) is 5.61. The van der Waals surface area contributed by atoms with Gasteiger partial charge in [0.05, 0.1) is 5.56 Å². The Kier molecular flexibility index (Phi) is 3.99. The van der Waals surface area contributed by atoms with Crippen LogP contribution >= 0.6 is 11.8 Å². The molecule has 1 fully saturated rings. The minimum atomic E-state index is -4.25. The van der Waals surface area contributed by atoms with Gasteiger partial charge in [-0.05, 0) is 38.1 Å². The molecule has 0 radical (unpaired) electrons. The van der Waals surface area contributed by atoms with Crippen molar-refractivity contribution in [2.24, 2.45) is 0 Å². The van der Waals surface area contributed by atoms with Crippen LogP contribution in [0.15, 0.2) is 29.2 Å². The maximum absolute atomic E-state index is 12.8. The lowest BCUT2D eigenvalue weighted by molar-refractivity contribution is -0.139. The molecule has 1 saturated heterocycles. The highest BCUT2D eigenvalue weighted by Gasteiger charge is 2.33. The minimum Gasteiger partial charge on any atom is -0.317 e. The van der Waals surface area contributed by atoms with E-state index in [-0.39, 0.29) is 0 Å². The summed E-state index contributed by atoms with van der Waals surface area (Å²) in [5.74, 6) is 0. The normalized spacial score (nSPS) is 18.3. The molecule has 0 aliphatic carbocycles. The van der Waals surface area contributed by atoms with Gasteiger partial charge in [0, 0.05) is 10.1 Å². The van der Waals surface area contributed by atoms with Crippen LogP contribution in [0.1, 0.15) is 18.4 Å². The molecule has 2 rings (SSSR count). The molecule has 1 N–H and O–H groups in total. The first-order chi connectivity index (χ1) is 8.07. The van der Waals surface area contributed by atoms with Gasteiger partial charge in [-0.1, -0.05) is 12.1 Å². The highest BCUT2D eigenvalue weighted by molar-refractivity contribution is 8.00. The molecular weight excluding hydrogens is 247 g/mol. The Morgan fingerprint density at radius 3 is 2.41 bits per heavy atom. The molecule has 0 bridgehead atoms. The van der Waals surface area contributed by atoms with Crippen LogP contribution in [0.25, 0.3) is 0 Å². The SMILES string of the molecule is FC(F)(F)c1ccccc1SC1CCNCC1. The van der Waals surface area contributed by atoms with Gasteiger partial charge >= 0.3 is 6.18 Å². The van der Waals surface area contributed by atoms with Crippen molar-refractivity contribution < 1.29 is 13.2 Å². The molecule has 17 heavy (non-hydrogen) atoms. The average molecular weight is 261 g/mol. The quantitative estimate of drug-likeness (QED) is 0.873. The molecule has 0 spiro atoms. The van der Waals surface area contributed by atoms with Crippen LogP contribution in [0.2, 0.25) is 0 Å². The summed E-state index contributed by atoms with van der Waals surface area (Å²) in [5.41, 5.74) is -0.511. The summed E-state index contributed by atoms with van der Waals surface area (Å²) in [6, 6.07) is 5.83. The van der Waals surface area contributed by atoms with Gasteiger partial charge in [0.1, 0.15) is 0 Å². The second-order valence-corrected chi connectivity index (χ2v) is 5.40. The second-order valence-electron chi connectivity index (χ2n) is 4.06. The number of hydrogen-bond acceptors (Lipinski definition) is 2. The Bertz CT molecular complexity index is 372. The molecule has 0 unspecified atom stereocenters. The van der Waals surface area contributed by atoms with Crippen molar-refractivity contribution in [2.75, 3.05) is 13.1 Å². The van der Waals surface area contributed by atoms with E-state index in [1.54, 1.807) is 12.1 Å². The van der Waals surface area contributed by atoms with Crippen LogP contribution in [0.5, 0.6) is 0 Å². The number of nitrogens with one attached hydrogen (secondary N) is 1. The van der Waals surface area contributed by atoms with E-state index in [1.165, 1.54) is 17.8 Å². The maximum Gasteiger partial charge on any atom is 0.417 e. The predicted octanol–water partition coefficient (Wildman–Crippen LogP) is 3.55. The van der Waals surface area contributed by atoms with Crippen LogP contribution in [-0.4, -0.2) is 18.3 Å². The van der Waals surface area contributed by atoms with Gasteiger partial charge in [0.25, 0.3) is 0 Å². The zero-order valence-electron chi connectivity index (χ0n) is 9.26. The number of thioether (sulfide) groups is 1. The summed E-state index contributed by atoms with van der Waals surface area (Å²) < 4.78 is 38.3. The third kappa shape index (κ3) is 3.39. The summed E-state index contributed by atoms with van der Waals surface area (Å²) in [5, 5.41) is 3.50. The molecule has 1 aromatic carbocycles. The van der Waals surface area contributed by atoms with Crippen molar-refractivity contribution in [1.29, 1.82) is 0 Å². The number of rotatable bonds is 2. The van der Waals surface area contributed by atoms with Gasteiger partial charge in [-0.3, -0.25) is 0 Å². The van der Waals surface area contributed by atoms with Crippen molar-refractivity contribution in [2.45, 2.75) is 29.2 Å². The van der Waals surface area contributed by atoms with E-state index in [0.29, 0.717) is 10.1 Å². The fourth-order valence-corrected chi connectivity index (χ4v) is 3.19. The van der Waals surface area contributed by atoms with Crippen LogP contribution in [0, 0.1) is 0 Å². The van der Waals surface area contributed by atoms with Crippen molar-refractivity contribution in [3.8, 4) is 0 Å². The third-order valence-electron chi connectivity index (χ3n) is 2.77. The molecule has 1 aromatic rings. The summed E-state index contributed by atoms with van der Waals surface area (Å²) in [6.07, 6.45) is -2.40. The van der Waals surface area contributed by atoms with Crippen molar-refractivity contribution in [3.05, 3.63) is 29.8 Å². The first-order valence-corrected chi connectivity index (χ1v) is 6.49. The standard InChI is InChI=1S/C12H14F3NS/c13-12(14,15)10-3-1-2-4-11(10)17-9-5-7-16-8-6-9/h1-4,9,16H,5-8H2. The lowest BCUT2D eigenvalue weighted by atomic mass is 10.2. The van der Waals surface area contributed by atoms with Crippen LogP contribution in [0.3, 0.4) is 0 Å². The van der Waals surface area contributed by atoms with E-state index in [0.717, 1.165) is 32.0 Å². The molecular formula is C12H14F3NS. The Morgan fingerprint density at radius 2 is 1.76 bits per heavy atom. The Labute approximate surface area is 103 Å². The Hall–Kier alpha value is -0.680. The summed E-state index contributed by atoms with van der Waals surface area (Å²) in [4.78, 5) is 0.354. The van der Waals surface area contributed by atoms with Gasteiger partial charge in [-0.15, -0.1) is 11.8 Å². The maximum atomic E-state index is 12.8. The first kappa shape index (κ1) is 12.8. The topological polar surface area (TPSA) is 12.0 Å². The molecule has 0 aromatic heterocycles. The zero-order valence-corrected chi connectivity index (χ0v) is 10.1. The molecule has 94 valence electrons. The lowest BCUT2D eigenvalue weighted by Gasteiger charge is -2.23. The summed E-state index contributed by atoms with van der Waals surface area (Å²) >= 11 is 1.36. The number of alkyl halides is 3. The minimum absolute atomic E-state index is 0.291. The van der Waals surface area contributed by atoms with E-state index >= 15 is 0 Å². The van der Waals surface area contributed by atoms with Crippen molar-refractivity contribution in [1.82, 2.24) is 5.32 Å². The van der Waals surface area contributed by atoms with E-state index in [1.807, 2.05) is 0 Å². The van der Waals surface area contributed by atoms with Gasteiger partial charge in [0.15, 0.2) is 0 Å². The number of hydrogen-bond donors (Lipinski definition) is 1. The molecule has 1 heterocycles. The average Bonchev–Trinajstić information content (AvgIpc) is 2.30. The van der Waals surface area contributed by atoms with E-state index in [9.17, 15) is 13.2 Å². The van der Waals surface area contributed by atoms with Gasteiger partial charge in [-0.2, -0.15) is 13.2 Å². The molecule has 0 saturated carbocycles. The third-order valence-corrected chi connectivity index (χ3v) is 4.19.